The fourth-order valence-corrected chi connectivity index (χ4v) is 18.2. The number of carbonyl (C=O) groups is 1. The summed E-state index contributed by atoms with van der Waals surface area (Å²) in [5.74, 6) is -1.47. The molecule has 0 bridgehead atoms. The normalized spacial score (nSPS) is 13.3. The number of hydrogen-bond acceptors (Lipinski definition) is 4. The van der Waals surface area contributed by atoms with Crippen molar-refractivity contribution in [2.75, 3.05) is 13.2 Å². The Morgan fingerprint density at radius 1 is 0.698 bits per heavy atom. The molecule has 0 spiro atoms. The van der Waals surface area contributed by atoms with E-state index in [0.29, 0.717) is 10.8 Å². The van der Waals surface area contributed by atoms with Crippen LogP contribution in [0.25, 0.3) is 0 Å². The SMILES string of the molecule is CCOP(=O)(OCC)C(NC(=O)C(C)[CH2][Ge]([c]1ccc(C)cc1)([c]1ccc(C)cc1)[c]1ccc(C)cc1)c1ccccc1. The Hall–Kier alpha value is -2.96. The number of aryl methyl sites for hydroxylation is 3. The van der Waals surface area contributed by atoms with Crippen LogP contribution in [0.2, 0.25) is 5.25 Å². The van der Waals surface area contributed by atoms with Crippen LogP contribution in [0, 0.1) is 26.7 Å². The molecule has 0 saturated carbocycles. The van der Waals surface area contributed by atoms with Gasteiger partial charge in [-0.05, 0) is 0 Å². The second-order valence-electron chi connectivity index (χ2n) is 11.3. The predicted octanol–water partition coefficient (Wildman–Crippen LogP) is 6.80. The molecule has 0 aliphatic rings. The van der Waals surface area contributed by atoms with Gasteiger partial charge >= 0.3 is 261 Å². The zero-order valence-electron chi connectivity index (χ0n) is 26.2. The van der Waals surface area contributed by atoms with Crippen molar-refractivity contribution in [3.8, 4) is 0 Å². The van der Waals surface area contributed by atoms with Crippen molar-refractivity contribution in [3.05, 3.63) is 125 Å². The van der Waals surface area contributed by atoms with E-state index in [1.807, 2.05) is 37.3 Å². The van der Waals surface area contributed by atoms with Crippen LogP contribution in [0.3, 0.4) is 0 Å². The number of nitrogens with one attached hydrogen (secondary N) is 1. The third kappa shape index (κ3) is 7.58. The fraction of sp³-hybridized carbons (Fsp3) is 0.306. The summed E-state index contributed by atoms with van der Waals surface area (Å²) < 4.78 is 29.4. The summed E-state index contributed by atoms with van der Waals surface area (Å²) in [4.78, 5) is 14.2. The van der Waals surface area contributed by atoms with Gasteiger partial charge in [-0.3, -0.25) is 0 Å². The maximum atomic E-state index is 14.2. The molecule has 7 heteroatoms. The molecule has 0 saturated heterocycles. The van der Waals surface area contributed by atoms with Gasteiger partial charge in [0.2, 0.25) is 0 Å². The average molecular weight is 658 g/mol. The molecule has 0 fully saturated rings. The zero-order valence-corrected chi connectivity index (χ0v) is 29.2. The van der Waals surface area contributed by atoms with Crippen molar-refractivity contribution >= 4 is 40.0 Å². The minimum atomic E-state index is -3.70. The first-order chi connectivity index (χ1) is 20.6. The predicted molar refractivity (Wildman–Crippen MR) is 180 cm³/mol. The molecule has 226 valence electrons. The topological polar surface area (TPSA) is 64.6 Å². The van der Waals surface area contributed by atoms with E-state index in [2.05, 4.69) is 98.9 Å². The molecule has 4 aromatic rings. The average Bonchev–Trinajstić information content (AvgIpc) is 3.00. The Morgan fingerprint density at radius 2 is 1.09 bits per heavy atom. The molecular formula is C36H44GeNO4P. The van der Waals surface area contributed by atoms with E-state index in [-0.39, 0.29) is 25.0 Å². The third-order valence-corrected chi connectivity index (χ3v) is 21.2. The van der Waals surface area contributed by atoms with Gasteiger partial charge in [0.1, 0.15) is 0 Å². The van der Waals surface area contributed by atoms with Crippen LogP contribution in [0.4, 0.5) is 0 Å². The Bertz CT molecular complexity index is 1400. The van der Waals surface area contributed by atoms with E-state index < -0.39 is 26.6 Å². The number of carbonyl (C=O) groups excluding carboxylic acids is 1. The van der Waals surface area contributed by atoms with E-state index >= 15 is 0 Å². The summed E-state index contributed by atoms with van der Waals surface area (Å²) in [5.41, 5.74) is 4.29. The number of hydrogen-bond donors (Lipinski definition) is 1. The molecule has 1 N–H and O–H groups in total. The Kier molecular flexibility index (Phi) is 11.2. The second kappa shape index (κ2) is 14.7. The van der Waals surface area contributed by atoms with Gasteiger partial charge < -0.3 is 0 Å². The van der Waals surface area contributed by atoms with Crippen LogP contribution in [-0.4, -0.2) is 32.4 Å². The summed E-state index contributed by atoms with van der Waals surface area (Å²) in [5, 5.41) is 3.80. The van der Waals surface area contributed by atoms with Crippen LogP contribution in [0.15, 0.2) is 103 Å². The first-order valence-electron chi connectivity index (χ1n) is 15.1. The molecule has 2 unspecified atom stereocenters. The van der Waals surface area contributed by atoms with Crippen molar-refractivity contribution in [3.63, 3.8) is 0 Å². The van der Waals surface area contributed by atoms with Gasteiger partial charge in [0, 0.05) is 0 Å². The van der Waals surface area contributed by atoms with E-state index in [4.69, 9.17) is 9.05 Å². The van der Waals surface area contributed by atoms with Gasteiger partial charge in [-0.1, -0.05) is 0 Å². The number of rotatable bonds is 13. The van der Waals surface area contributed by atoms with Crippen LogP contribution in [0.1, 0.15) is 48.8 Å². The summed E-state index contributed by atoms with van der Waals surface area (Å²) >= 11 is -3.45. The summed E-state index contributed by atoms with van der Waals surface area (Å²) in [7, 11) is -3.70. The Labute approximate surface area is 259 Å². The molecule has 0 radical (unpaired) electrons. The molecule has 43 heavy (non-hydrogen) atoms. The van der Waals surface area contributed by atoms with Crippen molar-refractivity contribution in [1.82, 2.24) is 5.32 Å². The molecule has 0 aromatic heterocycles. The van der Waals surface area contributed by atoms with Crippen LogP contribution in [0.5, 0.6) is 0 Å². The van der Waals surface area contributed by atoms with Crippen molar-refractivity contribution in [2.45, 2.75) is 52.6 Å². The van der Waals surface area contributed by atoms with Crippen LogP contribution < -0.4 is 18.5 Å². The maximum absolute atomic E-state index is 14.2. The van der Waals surface area contributed by atoms with E-state index in [9.17, 15) is 9.36 Å². The molecule has 0 aliphatic carbocycles. The van der Waals surface area contributed by atoms with Gasteiger partial charge in [0.25, 0.3) is 0 Å². The molecule has 0 heterocycles. The first kappa shape index (κ1) is 32.9. The third-order valence-electron chi connectivity index (χ3n) is 8.02. The zero-order chi connectivity index (χ0) is 31.0. The molecule has 1 amide bonds. The van der Waals surface area contributed by atoms with Crippen LogP contribution in [-0.2, 0) is 18.4 Å². The molecule has 0 aliphatic heterocycles. The van der Waals surface area contributed by atoms with Gasteiger partial charge in [0.05, 0.1) is 0 Å². The summed E-state index contributed by atoms with van der Waals surface area (Å²) in [6.07, 6.45) is 0. The van der Waals surface area contributed by atoms with Crippen molar-refractivity contribution < 1.29 is 18.4 Å². The summed E-state index contributed by atoms with van der Waals surface area (Å²) in [6, 6.07) is 35.9. The van der Waals surface area contributed by atoms with Crippen molar-refractivity contribution in [1.29, 1.82) is 0 Å². The summed E-state index contributed by atoms with van der Waals surface area (Å²) in [6.45, 7) is 12.3. The van der Waals surface area contributed by atoms with Gasteiger partial charge in [-0.25, -0.2) is 0 Å². The molecule has 5 nitrogen and oxygen atoms in total. The Morgan fingerprint density at radius 3 is 1.47 bits per heavy atom. The van der Waals surface area contributed by atoms with E-state index in [0.717, 1.165) is 0 Å². The number of amides is 1. The van der Waals surface area contributed by atoms with E-state index in [1.54, 1.807) is 13.8 Å². The monoisotopic (exact) mass is 659 g/mol. The Balaban J connectivity index is 1.81. The fourth-order valence-electron chi connectivity index (χ4n) is 5.72. The van der Waals surface area contributed by atoms with Crippen LogP contribution >= 0.6 is 7.60 Å². The molecule has 4 aromatic carbocycles. The van der Waals surface area contributed by atoms with Gasteiger partial charge in [-0.15, -0.1) is 0 Å². The van der Waals surface area contributed by atoms with Crippen molar-refractivity contribution in [2.24, 2.45) is 5.92 Å². The second-order valence-corrected chi connectivity index (χ2v) is 21.7. The van der Waals surface area contributed by atoms with Gasteiger partial charge in [-0.2, -0.15) is 0 Å². The van der Waals surface area contributed by atoms with Gasteiger partial charge in [0.15, 0.2) is 0 Å². The molecule has 4 rings (SSSR count). The molecule has 2 atom stereocenters. The number of benzene rings is 4. The minimum absolute atomic E-state index is 0.171. The molecular weight excluding hydrogens is 614 g/mol. The van der Waals surface area contributed by atoms with E-state index in [1.165, 1.54) is 29.9 Å². The first-order valence-corrected chi connectivity index (χ1v) is 21.3. The standard InChI is InChI=1S/C36H44GeNO4P/c1-7-41-43(40,42-8-2)36(31-12-10-9-11-13-31)38-35(39)30(6)26-37(32-20-14-27(3)15-21-32,33-22-16-28(4)17-23-33)34-24-18-29(5)19-25-34/h9-25,30,36H,7-8,26H2,1-6H3,(H,38,39). The quantitative estimate of drug-likeness (QED) is 0.127.